The molecule has 0 spiro atoms. The van der Waals surface area contributed by atoms with Crippen LogP contribution in [0, 0.1) is 6.92 Å². The Morgan fingerprint density at radius 1 is 1.29 bits per heavy atom. The average molecular weight is 287 g/mol. The number of hydrogen-bond donors (Lipinski definition) is 1. The molecule has 1 aliphatic rings. The monoisotopic (exact) mass is 287 g/mol. The number of hydrogen-bond acceptors (Lipinski definition) is 4. The molecule has 5 heteroatoms. The number of carbonyl (C=O) groups excluding carboxylic acids is 1. The van der Waals surface area contributed by atoms with Crippen molar-refractivity contribution in [3.8, 4) is 0 Å². The van der Waals surface area contributed by atoms with Crippen LogP contribution in [0.2, 0.25) is 0 Å². The predicted molar refractivity (Wildman–Crippen MR) is 78.4 cm³/mol. The van der Waals surface area contributed by atoms with Gasteiger partial charge in [-0.2, -0.15) is 0 Å². The fourth-order valence-corrected chi connectivity index (χ4v) is 2.78. The number of piperidine rings is 1. The standard InChI is InChI=1S/C16H17NO4/c1-10-12-4-2-3-5-13(12)21-16(20)14(10)15(19)17-8-6-11(18)7-9-17/h2-5,11,18H,6-9H2,1H3. The maximum atomic E-state index is 12.6. The number of amides is 1. The predicted octanol–water partition coefficient (Wildman–Crippen LogP) is 1.70. The van der Waals surface area contributed by atoms with Crippen molar-refractivity contribution in [2.24, 2.45) is 0 Å². The molecule has 110 valence electrons. The highest BCUT2D eigenvalue weighted by Gasteiger charge is 2.26. The fourth-order valence-electron chi connectivity index (χ4n) is 2.78. The Morgan fingerprint density at radius 3 is 2.67 bits per heavy atom. The van der Waals surface area contributed by atoms with Gasteiger partial charge in [0.2, 0.25) is 0 Å². The molecule has 2 aromatic rings. The van der Waals surface area contributed by atoms with E-state index in [1.54, 1.807) is 24.0 Å². The highest BCUT2D eigenvalue weighted by Crippen LogP contribution is 2.21. The third-order valence-electron chi connectivity index (χ3n) is 4.04. The van der Waals surface area contributed by atoms with Gasteiger partial charge in [0.05, 0.1) is 6.10 Å². The van der Waals surface area contributed by atoms with Crippen LogP contribution >= 0.6 is 0 Å². The number of likely N-dealkylation sites (tertiary alicyclic amines) is 1. The number of rotatable bonds is 1. The van der Waals surface area contributed by atoms with Gasteiger partial charge in [-0.25, -0.2) is 4.79 Å². The normalized spacial score (nSPS) is 16.4. The van der Waals surface area contributed by atoms with Gasteiger partial charge in [0.1, 0.15) is 11.1 Å². The Morgan fingerprint density at radius 2 is 1.95 bits per heavy atom. The molecule has 3 rings (SSSR count). The topological polar surface area (TPSA) is 70.8 Å². The Hall–Kier alpha value is -2.14. The first-order chi connectivity index (χ1) is 10.1. The lowest BCUT2D eigenvalue weighted by atomic mass is 10.0. The number of fused-ring (bicyclic) bond motifs is 1. The second-order valence-electron chi connectivity index (χ2n) is 5.41. The first kappa shape index (κ1) is 13.8. The van der Waals surface area contributed by atoms with Crippen LogP contribution in [-0.2, 0) is 0 Å². The summed E-state index contributed by atoms with van der Waals surface area (Å²) in [4.78, 5) is 26.3. The first-order valence-corrected chi connectivity index (χ1v) is 7.07. The molecule has 0 radical (unpaired) electrons. The summed E-state index contributed by atoms with van der Waals surface area (Å²) in [5.41, 5.74) is 0.649. The molecule has 0 aliphatic carbocycles. The molecule has 1 aromatic heterocycles. The quantitative estimate of drug-likeness (QED) is 0.810. The van der Waals surface area contributed by atoms with E-state index < -0.39 is 5.63 Å². The fraction of sp³-hybridized carbons (Fsp3) is 0.375. The van der Waals surface area contributed by atoms with Crippen LogP contribution < -0.4 is 5.63 Å². The number of aliphatic hydroxyl groups is 1. The Labute approximate surface area is 121 Å². The minimum atomic E-state index is -0.595. The first-order valence-electron chi connectivity index (χ1n) is 7.07. The molecule has 0 bridgehead atoms. The number of aliphatic hydroxyl groups excluding tert-OH is 1. The van der Waals surface area contributed by atoms with Crippen LogP contribution in [0.3, 0.4) is 0 Å². The summed E-state index contributed by atoms with van der Waals surface area (Å²) in [7, 11) is 0. The van der Waals surface area contributed by atoms with Gasteiger partial charge in [0.15, 0.2) is 0 Å². The second kappa shape index (κ2) is 5.33. The lowest BCUT2D eigenvalue weighted by molar-refractivity contribution is 0.0542. The van der Waals surface area contributed by atoms with E-state index >= 15 is 0 Å². The van der Waals surface area contributed by atoms with Gasteiger partial charge in [-0.15, -0.1) is 0 Å². The van der Waals surface area contributed by atoms with E-state index in [0.717, 1.165) is 5.39 Å². The Balaban J connectivity index is 2.04. The maximum Gasteiger partial charge on any atom is 0.349 e. The molecule has 1 N–H and O–H groups in total. The maximum absolute atomic E-state index is 12.6. The van der Waals surface area contributed by atoms with Crippen molar-refractivity contribution in [3.63, 3.8) is 0 Å². The molecule has 2 heterocycles. The van der Waals surface area contributed by atoms with Crippen LogP contribution in [0.25, 0.3) is 11.0 Å². The molecule has 1 aliphatic heterocycles. The third kappa shape index (κ3) is 2.45. The Kier molecular flexibility index (Phi) is 3.51. The van der Waals surface area contributed by atoms with E-state index in [1.165, 1.54) is 0 Å². The minimum absolute atomic E-state index is 0.102. The van der Waals surface area contributed by atoms with E-state index in [2.05, 4.69) is 0 Å². The number of carbonyl (C=O) groups is 1. The zero-order valence-corrected chi connectivity index (χ0v) is 11.8. The largest absolute Gasteiger partial charge is 0.422 e. The molecule has 0 unspecified atom stereocenters. The third-order valence-corrected chi connectivity index (χ3v) is 4.04. The highest BCUT2D eigenvalue weighted by molar-refractivity contribution is 5.99. The zero-order chi connectivity index (χ0) is 15.0. The molecule has 1 fully saturated rings. The SMILES string of the molecule is Cc1c(C(=O)N2CCC(O)CC2)c(=O)oc2ccccc12. The van der Waals surface area contributed by atoms with Gasteiger partial charge in [0.25, 0.3) is 5.91 Å². The van der Waals surface area contributed by atoms with E-state index in [9.17, 15) is 14.7 Å². The minimum Gasteiger partial charge on any atom is -0.422 e. The smallest absolute Gasteiger partial charge is 0.349 e. The van der Waals surface area contributed by atoms with Crippen molar-refractivity contribution < 1.29 is 14.3 Å². The van der Waals surface area contributed by atoms with Gasteiger partial charge >= 0.3 is 5.63 Å². The molecular formula is C16H17NO4. The summed E-state index contributed by atoms with van der Waals surface area (Å²) >= 11 is 0. The molecule has 0 saturated carbocycles. The van der Waals surface area contributed by atoms with Crippen molar-refractivity contribution in [1.29, 1.82) is 0 Å². The summed E-state index contributed by atoms with van der Waals surface area (Å²) in [5, 5.41) is 10.3. The van der Waals surface area contributed by atoms with Gasteiger partial charge in [-0.3, -0.25) is 4.79 Å². The van der Waals surface area contributed by atoms with Crippen molar-refractivity contribution in [2.75, 3.05) is 13.1 Å². The second-order valence-corrected chi connectivity index (χ2v) is 5.41. The average Bonchev–Trinajstić information content (AvgIpc) is 2.48. The summed E-state index contributed by atoms with van der Waals surface area (Å²) in [6.07, 6.45) is 0.732. The van der Waals surface area contributed by atoms with E-state index in [4.69, 9.17) is 4.42 Å². The Bertz CT molecular complexity index is 742. The molecule has 1 saturated heterocycles. The molecule has 1 aromatic carbocycles. The van der Waals surface area contributed by atoms with E-state index in [0.29, 0.717) is 37.1 Å². The van der Waals surface area contributed by atoms with Crippen LogP contribution in [0.1, 0.15) is 28.8 Å². The van der Waals surface area contributed by atoms with Crippen molar-refractivity contribution in [3.05, 3.63) is 45.8 Å². The highest BCUT2D eigenvalue weighted by atomic mass is 16.4. The van der Waals surface area contributed by atoms with Crippen molar-refractivity contribution in [1.82, 2.24) is 4.90 Å². The number of aryl methyl sites for hydroxylation is 1. The van der Waals surface area contributed by atoms with Gasteiger partial charge in [-0.05, 0) is 31.4 Å². The molecule has 0 atom stereocenters. The lowest BCUT2D eigenvalue weighted by Crippen LogP contribution is -2.42. The zero-order valence-electron chi connectivity index (χ0n) is 11.8. The molecular weight excluding hydrogens is 270 g/mol. The summed E-state index contributed by atoms with van der Waals surface area (Å²) in [6, 6.07) is 7.19. The van der Waals surface area contributed by atoms with Crippen LogP contribution in [0.5, 0.6) is 0 Å². The molecule has 1 amide bonds. The summed E-state index contributed by atoms with van der Waals surface area (Å²) < 4.78 is 5.25. The summed E-state index contributed by atoms with van der Waals surface area (Å²) in [6.45, 7) is 2.70. The van der Waals surface area contributed by atoms with Crippen LogP contribution in [0.15, 0.2) is 33.5 Å². The van der Waals surface area contributed by atoms with Crippen molar-refractivity contribution in [2.45, 2.75) is 25.9 Å². The van der Waals surface area contributed by atoms with Crippen LogP contribution in [-0.4, -0.2) is 35.1 Å². The summed E-state index contributed by atoms with van der Waals surface area (Å²) in [5.74, 6) is -0.307. The molecule has 5 nitrogen and oxygen atoms in total. The number of benzene rings is 1. The van der Waals surface area contributed by atoms with Gasteiger partial charge < -0.3 is 14.4 Å². The number of nitrogens with zero attached hydrogens (tertiary/aromatic N) is 1. The van der Waals surface area contributed by atoms with E-state index in [-0.39, 0.29) is 17.6 Å². The van der Waals surface area contributed by atoms with Crippen LogP contribution in [0.4, 0.5) is 0 Å². The van der Waals surface area contributed by atoms with Gasteiger partial charge in [-0.1, -0.05) is 18.2 Å². The van der Waals surface area contributed by atoms with E-state index in [1.807, 2.05) is 12.1 Å². The number of para-hydroxylation sites is 1. The van der Waals surface area contributed by atoms with Crippen molar-refractivity contribution >= 4 is 16.9 Å². The van der Waals surface area contributed by atoms with Gasteiger partial charge in [0, 0.05) is 18.5 Å². The lowest BCUT2D eigenvalue weighted by Gasteiger charge is -2.29. The molecule has 21 heavy (non-hydrogen) atoms.